The third-order valence-corrected chi connectivity index (χ3v) is 2.51. The molecule has 0 unspecified atom stereocenters. The largest absolute Gasteiger partial charge is 0.494 e. The predicted molar refractivity (Wildman–Crippen MR) is 76.0 cm³/mol. The van der Waals surface area contributed by atoms with Gasteiger partial charge in [-0.25, -0.2) is 4.98 Å². The maximum Gasteiger partial charge on any atom is 0.222 e. The van der Waals surface area contributed by atoms with Gasteiger partial charge in [0, 0.05) is 11.8 Å². The number of hydrogen-bond acceptors (Lipinski definition) is 4. The first kappa shape index (κ1) is 13.5. The summed E-state index contributed by atoms with van der Waals surface area (Å²) in [7, 11) is 0. The molecule has 0 aliphatic rings. The molecular weight excluding hydrogens is 264 g/mol. The van der Waals surface area contributed by atoms with Gasteiger partial charge in [-0.3, -0.25) is 0 Å². The SMILES string of the molecule is CCCOc1ccc(Oc2cc(N)cc(Cl)n2)cc1. The number of benzene rings is 1. The average molecular weight is 279 g/mol. The first-order valence-corrected chi connectivity index (χ1v) is 6.39. The Morgan fingerprint density at radius 2 is 1.84 bits per heavy atom. The van der Waals surface area contributed by atoms with Crippen LogP contribution in [0, 0.1) is 0 Å². The van der Waals surface area contributed by atoms with Crippen molar-refractivity contribution in [1.82, 2.24) is 4.98 Å². The van der Waals surface area contributed by atoms with E-state index < -0.39 is 0 Å². The molecule has 0 spiro atoms. The molecule has 0 radical (unpaired) electrons. The molecule has 4 nitrogen and oxygen atoms in total. The quantitative estimate of drug-likeness (QED) is 0.843. The fourth-order valence-electron chi connectivity index (χ4n) is 1.49. The molecule has 2 aromatic rings. The van der Waals surface area contributed by atoms with Crippen LogP contribution in [0.2, 0.25) is 5.15 Å². The summed E-state index contributed by atoms with van der Waals surface area (Å²) in [6.45, 7) is 2.76. The molecule has 0 saturated heterocycles. The molecule has 0 aliphatic carbocycles. The molecule has 0 saturated carbocycles. The van der Waals surface area contributed by atoms with Crippen LogP contribution in [0.15, 0.2) is 36.4 Å². The van der Waals surface area contributed by atoms with E-state index in [1.807, 2.05) is 24.3 Å². The molecule has 5 heteroatoms. The standard InChI is InChI=1S/C14H15ClN2O2/c1-2-7-18-11-3-5-12(6-4-11)19-14-9-10(16)8-13(15)17-14/h3-6,8-9H,2,7H2,1H3,(H2,16,17). The van der Waals surface area contributed by atoms with Crippen molar-refractivity contribution in [2.75, 3.05) is 12.3 Å². The minimum atomic E-state index is 0.304. The topological polar surface area (TPSA) is 57.4 Å². The third kappa shape index (κ3) is 4.03. The number of nitrogens with zero attached hydrogens (tertiary/aromatic N) is 1. The van der Waals surface area contributed by atoms with Crippen molar-refractivity contribution in [2.24, 2.45) is 0 Å². The van der Waals surface area contributed by atoms with Gasteiger partial charge in [-0.05, 0) is 36.8 Å². The smallest absolute Gasteiger partial charge is 0.222 e. The summed E-state index contributed by atoms with van der Waals surface area (Å²) in [5.41, 5.74) is 6.18. The van der Waals surface area contributed by atoms with Gasteiger partial charge < -0.3 is 15.2 Å². The first-order chi connectivity index (χ1) is 9.17. The van der Waals surface area contributed by atoms with Crippen molar-refractivity contribution < 1.29 is 9.47 Å². The summed E-state index contributed by atoms with van der Waals surface area (Å²) < 4.78 is 11.1. The lowest BCUT2D eigenvalue weighted by molar-refractivity contribution is 0.317. The first-order valence-electron chi connectivity index (χ1n) is 6.01. The van der Waals surface area contributed by atoms with Crippen LogP contribution in [-0.2, 0) is 0 Å². The van der Waals surface area contributed by atoms with Gasteiger partial charge >= 0.3 is 0 Å². The molecule has 0 amide bonds. The second kappa shape index (κ2) is 6.29. The van der Waals surface area contributed by atoms with E-state index >= 15 is 0 Å². The van der Waals surface area contributed by atoms with Crippen molar-refractivity contribution in [1.29, 1.82) is 0 Å². The molecule has 0 atom stereocenters. The zero-order valence-corrected chi connectivity index (χ0v) is 11.4. The van der Waals surface area contributed by atoms with E-state index in [0.29, 0.717) is 29.1 Å². The summed E-state index contributed by atoms with van der Waals surface area (Å²) in [5, 5.41) is 0.304. The highest BCUT2D eigenvalue weighted by Gasteiger charge is 2.02. The zero-order chi connectivity index (χ0) is 13.7. The Kier molecular flexibility index (Phi) is 4.47. The Morgan fingerprint density at radius 1 is 1.16 bits per heavy atom. The van der Waals surface area contributed by atoms with Gasteiger partial charge in [0.05, 0.1) is 6.61 Å². The number of rotatable bonds is 5. The Bertz CT molecular complexity index is 523. The number of hydrogen-bond donors (Lipinski definition) is 1. The molecule has 19 heavy (non-hydrogen) atoms. The van der Waals surface area contributed by atoms with Crippen LogP contribution in [0.5, 0.6) is 17.4 Å². The fraction of sp³-hybridized carbons (Fsp3) is 0.214. The Hall–Kier alpha value is -1.94. The lowest BCUT2D eigenvalue weighted by atomic mass is 10.3. The van der Waals surface area contributed by atoms with Gasteiger partial charge in [-0.15, -0.1) is 0 Å². The normalized spacial score (nSPS) is 10.2. The number of nitrogens with two attached hydrogens (primary N) is 1. The van der Waals surface area contributed by atoms with Gasteiger partial charge in [-0.2, -0.15) is 0 Å². The highest BCUT2D eigenvalue weighted by Crippen LogP contribution is 2.25. The van der Waals surface area contributed by atoms with Gasteiger partial charge in [0.1, 0.15) is 16.7 Å². The molecule has 100 valence electrons. The monoisotopic (exact) mass is 278 g/mol. The van der Waals surface area contributed by atoms with Crippen LogP contribution in [0.4, 0.5) is 5.69 Å². The van der Waals surface area contributed by atoms with Gasteiger partial charge in [0.2, 0.25) is 5.88 Å². The molecule has 0 aliphatic heterocycles. The number of anilines is 1. The van der Waals surface area contributed by atoms with Crippen molar-refractivity contribution in [3.63, 3.8) is 0 Å². The number of pyridine rings is 1. The summed E-state index contributed by atoms with van der Waals surface area (Å²) >= 11 is 5.81. The minimum Gasteiger partial charge on any atom is -0.494 e. The van der Waals surface area contributed by atoms with Crippen LogP contribution in [-0.4, -0.2) is 11.6 Å². The molecule has 1 aromatic heterocycles. The van der Waals surface area contributed by atoms with Crippen LogP contribution in [0.1, 0.15) is 13.3 Å². The van der Waals surface area contributed by atoms with E-state index in [1.165, 1.54) is 0 Å². The fourth-order valence-corrected chi connectivity index (χ4v) is 1.70. The average Bonchev–Trinajstić information content (AvgIpc) is 2.37. The van der Waals surface area contributed by atoms with Crippen molar-refractivity contribution in [3.05, 3.63) is 41.6 Å². The van der Waals surface area contributed by atoms with Gasteiger partial charge in [0.15, 0.2) is 0 Å². The number of nitrogen functional groups attached to an aromatic ring is 1. The van der Waals surface area contributed by atoms with Crippen molar-refractivity contribution in [3.8, 4) is 17.4 Å². The third-order valence-electron chi connectivity index (χ3n) is 2.31. The van der Waals surface area contributed by atoms with Crippen molar-refractivity contribution in [2.45, 2.75) is 13.3 Å². The second-order valence-electron chi connectivity index (χ2n) is 3.98. The maximum atomic E-state index is 5.81. The highest BCUT2D eigenvalue weighted by molar-refractivity contribution is 6.29. The highest BCUT2D eigenvalue weighted by atomic mass is 35.5. The second-order valence-corrected chi connectivity index (χ2v) is 4.37. The Balaban J connectivity index is 2.06. The Labute approximate surface area is 117 Å². The summed E-state index contributed by atoms with van der Waals surface area (Å²) in [6, 6.07) is 10.5. The van der Waals surface area contributed by atoms with Gasteiger partial charge in [0.25, 0.3) is 0 Å². The molecule has 0 fully saturated rings. The molecule has 2 N–H and O–H groups in total. The zero-order valence-electron chi connectivity index (χ0n) is 10.6. The Morgan fingerprint density at radius 3 is 2.47 bits per heavy atom. The van der Waals surface area contributed by atoms with Crippen LogP contribution < -0.4 is 15.2 Å². The predicted octanol–water partition coefficient (Wildman–Crippen LogP) is 3.90. The molecule has 2 rings (SSSR count). The lowest BCUT2D eigenvalue weighted by Gasteiger charge is -2.08. The van der Waals surface area contributed by atoms with Crippen LogP contribution >= 0.6 is 11.6 Å². The van der Waals surface area contributed by atoms with Crippen LogP contribution in [0.25, 0.3) is 0 Å². The van der Waals surface area contributed by atoms with E-state index in [4.69, 9.17) is 26.8 Å². The van der Waals surface area contributed by atoms with Crippen LogP contribution in [0.3, 0.4) is 0 Å². The summed E-state index contributed by atoms with van der Waals surface area (Å²) in [4.78, 5) is 4.03. The summed E-state index contributed by atoms with van der Waals surface area (Å²) in [6.07, 6.45) is 0.976. The van der Waals surface area contributed by atoms with Crippen molar-refractivity contribution >= 4 is 17.3 Å². The number of ether oxygens (including phenoxy) is 2. The van der Waals surface area contributed by atoms with E-state index in [9.17, 15) is 0 Å². The molecule has 1 aromatic carbocycles. The lowest BCUT2D eigenvalue weighted by Crippen LogP contribution is -1.95. The maximum absolute atomic E-state index is 5.81. The van der Waals surface area contributed by atoms with E-state index in [0.717, 1.165) is 12.2 Å². The number of aromatic nitrogens is 1. The van der Waals surface area contributed by atoms with Gasteiger partial charge in [-0.1, -0.05) is 18.5 Å². The molecule has 0 bridgehead atoms. The summed E-state index contributed by atoms with van der Waals surface area (Å²) in [5.74, 6) is 1.83. The number of halogens is 1. The minimum absolute atomic E-state index is 0.304. The molecular formula is C14H15ClN2O2. The van der Waals surface area contributed by atoms with E-state index in [2.05, 4.69) is 11.9 Å². The van der Waals surface area contributed by atoms with E-state index in [-0.39, 0.29) is 0 Å². The molecule has 1 heterocycles. The van der Waals surface area contributed by atoms with E-state index in [1.54, 1.807) is 12.1 Å².